The van der Waals surface area contributed by atoms with Crippen LogP contribution >= 0.6 is 11.6 Å². The number of amides is 1. The van der Waals surface area contributed by atoms with Crippen molar-refractivity contribution < 1.29 is 4.79 Å². The molecule has 0 bridgehead atoms. The van der Waals surface area contributed by atoms with E-state index in [1.54, 1.807) is 0 Å². The van der Waals surface area contributed by atoms with Gasteiger partial charge in [-0.3, -0.25) is 4.79 Å². The number of piperidine rings is 1. The molecule has 3 aromatic rings. The van der Waals surface area contributed by atoms with Crippen LogP contribution < -0.4 is 4.90 Å². The summed E-state index contributed by atoms with van der Waals surface area (Å²) in [6, 6.07) is 7.68. The first-order valence-electron chi connectivity index (χ1n) is 12.2. The molecule has 0 aliphatic carbocycles. The van der Waals surface area contributed by atoms with Crippen molar-refractivity contribution >= 4 is 34.2 Å². The zero-order valence-corrected chi connectivity index (χ0v) is 20.9. The van der Waals surface area contributed by atoms with Gasteiger partial charge >= 0.3 is 0 Å². The van der Waals surface area contributed by atoms with Gasteiger partial charge in [-0.25, -0.2) is 4.68 Å². The average Bonchev–Trinajstić information content (AvgIpc) is 3.22. The average molecular weight is 482 g/mol. The number of aromatic nitrogens is 4. The molecule has 1 amide bonds. The first kappa shape index (κ1) is 23.1. The summed E-state index contributed by atoms with van der Waals surface area (Å²) >= 11 is 6.08. The number of hydrogen-bond donors (Lipinski definition) is 0. The molecular formula is C25H32ClN7O. The van der Waals surface area contributed by atoms with Crippen molar-refractivity contribution in [2.75, 3.05) is 50.7 Å². The molecule has 0 spiro atoms. The number of carbonyl (C=O) groups excluding carboxylic acids is 1. The van der Waals surface area contributed by atoms with Crippen LogP contribution in [0.3, 0.4) is 0 Å². The smallest absolute Gasteiger partial charge is 0.225 e. The molecule has 9 heteroatoms. The molecule has 34 heavy (non-hydrogen) atoms. The fraction of sp³-hybridized carbons (Fsp3) is 0.520. The van der Waals surface area contributed by atoms with E-state index in [0.717, 1.165) is 92.5 Å². The van der Waals surface area contributed by atoms with E-state index >= 15 is 0 Å². The molecule has 2 aliphatic rings. The van der Waals surface area contributed by atoms with Gasteiger partial charge in [0.05, 0.1) is 22.5 Å². The highest BCUT2D eigenvalue weighted by Gasteiger charge is 2.32. The molecule has 2 saturated heterocycles. The quantitative estimate of drug-likeness (QED) is 0.568. The van der Waals surface area contributed by atoms with E-state index in [1.807, 2.05) is 35.9 Å². The molecule has 0 N–H and O–H groups in total. The molecule has 2 aromatic heterocycles. The van der Waals surface area contributed by atoms with Gasteiger partial charge in [0.25, 0.3) is 0 Å². The fourth-order valence-corrected chi connectivity index (χ4v) is 5.37. The number of carbonyl (C=O) groups is 1. The highest BCUT2D eigenvalue weighted by Crippen LogP contribution is 2.32. The number of rotatable bonds is 4. The van der Waals surface area contributed by atoms with Gasteiger partial charge in [0.2, 0.25) is 5.91 Å². The molecule has 1 aromatic carbocycles. The Bertz CT molecular complexity index is 1180. The lowest BCUT2D eigenvalue weighted by atomic mass is 9.95. The molecule has 0 saturated carbocycles. The third-order valence-electron chi connectivity index (χ3n) is 7.33. The van der Waals surface area contributed by atoms with Crippen LogP contribution in [0.5, 0.6) is 0 Å². The Kier molecular flexibility index (Phi) is 6.44. The maximum absolute atomic E-state index is 13.1. The normalized spacial score (nSPS) is 18.1. The van der Waals surface area contributed by atoms with Crippen LogP contribution in [0.1, 0.15) is 31.2 Å². The van der Waals surface area contributed by atoms with Gasteiger partial charge in [0, 0.05) is 50.2 Å². The largest absolute Gasteiger partial charge is 0.353 e. The van der Waals surface area contributed by atoms with Gasteiger partial charge in [-0.15, -0.1) is 5.10 Å². The van der Waals surface area contributed by atoms with Crippen LogP contribution in [0.15, 0.2) is 24.3 Å². The molecule has 180 valence electrons. The summed E-state index contributed by atoms with van der Waals surface area (Å²) in [6.07, 6.45) is 1.67. The zero-order valence-electron chi connectivity index (χ0n) is 20.2. The lowest BCUT2D eigenvalue weighted by Crippen LogP contribution is -2.51. The number of hydrogen-bond acceptors (Lipinski definition) is 6. The van der Waals surface area contributed by atoms with Crippen molar-refractivity contribution in [1.82, 2.24) is 29.8 Å². The summed E-state index contributed by atoms with van der Waals surface area (Å²) < 4.78 is 1.94. The fourth-order valence-electron chi connectivity index (χ4n) is 5.24. The minimum absolute atomic E-state index is 0.0895. The van der Waals surface area contributed by atoms with Crippen molar-refractivity contribution in [2.45, 2.75) is 33.6 Å². The van der Waals surface area contributed by atoms with Gasteiger partial charge in [0.1, 0.15) is 5.52 Å². The first-order valence-corrected chi connectivity index (χ1v) is 12.6. The first-order chi connectivity index (χ1) is 16.5. The number of halogens is 1. The predicted molar refractivity (Wildman–Crippen MR) is 135 cm³/mol. The second kappa shape index (κ2) is 9.50. The molecule has 0 radical (unpaired) electrons. The van der Waals surface area contributed by atoms with E-state index in [2.05, 4.69) is 38.7 Å². The zero-order chi connectivity index (χ0) is 23.8. The van der Waals surface area contributed by atoms with Gasteiger partial charge in [-0.1, -0.05) is 18.5 Å². The van der Waals surface area contributed by atoms with E-state index in [0.29, 0.717) is 10.9 Å². The molecule has 0 unspecified atom stereocenters. The van der Waals surface area contributed by atoms with Crippen LogP contribution in [-0.4, -0.2) is 81.5 Å². The Morgan fingerprint density at radius 2 is 1.68 bits per heavy atom. The molecule has 8 nitrogen and oxygen atoms in total. The number of benzene rings is 1. The summed E-state index contributed by atoms with van der Waals surface area (Å²) in [6.45, 7) is 12.5. The Balaban J connectivity index is 1.34. The van der Waals surface area contributed by atoms with Gasteiger partial charge in [-0.05, 0) is 57.5 Å². The number of likely N-dealkylation sites (N-methyl/N-ethyl adjacent to an activating group) is 1. The summed E-state index contributed by atoms with van der Waals surface area (Å²) in [5.74, 6) is 1.21. The summed E-state index contributed by atoms with van der Waals surface area (Å²) in [4.78, 5) is 19.8. The molecule has 5 rings (SSSR count). The van der Waals surface area contributed by atoms with E-state index in [1.165, 1.54) is 0 Å². The van der Waals surface area contributed by atoms with Crippen LogP contribution in [0, 0.1) is 19.8 Å². The maximum Gasteiger partial charge on any atom is 0.225 e. The molecule has 2 fully saturated rings. The monoisotopic (exact) mass is 481 g/mol. The van der Waals surface area contributed by atoms with Gasteiger partial charge < -0.3 is 14.7 Å². The van der Waals surface area contributed by atoms with Crippen LogP contribution in [-0.2, 0) is 4.79 Å². The number of anilines is 1. The van der Waals surface area contributed by atoms with Gasteiger partial charge in [-0.2, -0.15) is 10.2 Å². The van der Waals surface area contributed by atoms with Crippen LogP contribution in [0.4, 0.5) is 5.82 Å². The third kappa shape index (κ3) is 4.25. The predicted octanol–water partition coefficient (Wildman–Crippen LogP) is 3.47. The summed E-state index contributed by atoms with van der Waals surface area (Å²) in [5.41, 5.74) is 3.71. The number of fused-ring (bicyclic) bond motifs is 1. The second-order valence-corrected chi connectivity index (χ2v) is 9.76. The standard InChI is InChI=1S/C25H32ClN7O/c1-4-30-13-15-32(16-14-30)25(34)19-9-11-31(12-10-19)24-23-22(17(2)27-28-24)18(3)33(29-23)21-7-5-20(26)6-8-21/h5-8,19H,4,9-16H2,1-3H3. The maximum atomic E-state index is 13.1. The Labute approximate surface area is 205 Å². The van der Waals surface area contributed by atoms with E-state index < -0.39 is 0 Å². The lowest BCUT2D eigenvalue weighted by molar-refractivity contribution is -0.137. The van der Waals surface area contributed by atoms with Crippen molar-refractivity contribution in [3.63, 3.8) is 0 Å². The number of nitrogens with zero attached hydrogens (tertiary/aromatic N) is 7. The molecule has 0 atom stereocenters. The van der Waals surface area contributed by atoms with E-state index in [4.69, 9.17) is 16.7 Å². The molecular weight excluding hydrogens is 450 g/mol. The highest BCUT2D eigenvalue weighted by atomic mass is 35.5. The Morgan fingerprint density at radius 1 is 1.00 bits per heavy atom. The van der Waals surface area contributed by atoms with Crippen LogP contribution in [0.25, 0.3) is 16.6 Å². The number of aryl methyl sites for hydroxylation is 2. The Morgan fingerprint density at radius 3 is 2.32 bits per heavy atom. The molecule has 2 aliphatic heterocycles. The van der Waals surface area contributed by atoms with Crippen LogP contribution in [0.2, 0.25) is 5.02 Å². The minimum Gasteiger partial charge on any atom is -0.353 e. The summed E-state index contributed by atoms with van der Waals surface area (Å²) in [7, 11) is 0. The Hall–Kier alpha value is -2.71. The van der Waals surface area contributed by atoms with E-state index in [9.17, 15) is 4.79 Å². The highest BCUT2D eigenvalue weighted by molar-refractivity contribution is 6.30. The van der Waals surface area contributed by atoms with Crippen molar-refractivity contribution in [2.24, 2.45) is 5.92 Å². The van der Waals surface area contributed by atoms with Gasteiger partial charge in [0.15, 0.2) is 5.82 Å². The summed E-state index contributed by atoms with van der Waals surface area (Å²) in [5, 5.41) is 15.7. The topological polar surface area (TPSA) is 70.4 Å². The van der Waals surface area contributed by atoms with Crippen molar-refractivity contribution in [3.05, 3.63) is 40.7 Å². The van der Waals surface area contributed by atoms with Crippen molar-refractivity contribution in [1.29, 1.82) is 0 Å². The van der Waals surface area contributed by atoms with E-state index in [-0.39, 0.29) is 5.92 Å². The van der Waals surface area contributed by atoms with Crippen molar-refractivity contribution in [3.8, 4) is 5.69 Å². The molecule has 4 heterocycles. The lowest BCUT2D eigenvalue weighted by Gasteiger charge is -2.38. The second-order valence-electron chi connectivity index (χ2n) is 9.33. The SMILES string of the molecule is CCN1CCN(C(=O)C2CCN(c3nnc(C)c4c(C)n(-c5ccc(Cl)cc5)nc34)CC2)CC1. The third-order valence-corrected chi connectivity index (χ3v) is 7.58. The minimum atomic E-state index is 0.0895. The number of piperazine rings is 1.